The quantitative estimate of drug-likeness (QED) is 0.482. The highest BCUT2D eigenvalue weighted by atomic mass is 16.5. The van der Waals surface area contributed by atoms with Gasteiger partial charge in [0.15, 0.2) is 0 Å². The lowest BCUT2D eigenvalue weighted by Crippen LogP contribution is -2.02. The molecule has 0 bridgehead atoms. The Kier molecular flexibility index (Phi) is 5.01. The van der Waals surface area contributed by atoms with Crippen molar-refractivity contribution in [1.29, 1.82) is 0 Å². The highest BCUT2D eigenvalue weighted by Crippen LogP contribution is 2.11. The number of hydrogen-bond donors (Lipinski definition) is 1. The molecule has 0 heterocycles. The Balaban J connectivity index is 2.92. The number of benzene rings is 1. The molecule has 1 N–H and O–H groups in total. The molecule has 3 nitrogen and oxygen atoms in total. The van der Waals surface area contributed by atoms with Crippen molar-refractivity contribution in [2.75, 3.05) is 6.61 Å². The molecule has 0 aromatic heterocycles. The van der Waals surface area contributed by atoms with E-state index in [4.69, 9.17) is 9.84 Å². The maximum Gasteiger partial charge on any atom is 0.335 e. The Hall–Kier alpha value is -2.03. The lowest BCUT2D eigenvalue weighted by atomic mass is 10.2. The number of carboxylic acids is 1. The van der Waals surface area contributed by atoms with Crippen molar-refractivity contribution >= 4 is 12.0 Å². The zero-order valence-corrected chi connectivity index (χ0v) is 10.0. The molecule has 0 saturated heterocycles. The predicted octanol–water partition coefficient (Wildman–Crippen LogP) is 3.09. The molecule has 0 radical (unpaired) electrons. The van der Waals surface area contributed by atoms with E-state index in [-0.39, 0.29) is 5.57 Å². The van der Waals surface area contributed by atoms with Crippen LogP contribution in [0.3, 0.4) is 0 Å². The molecule has 0 saturated carbocycles. The Morgan fingerprint density at radius 1 is 1.35 bits per heavy atom. The zero-order chi connectivity index (χ0) is 12.7. The maximum atomic E-state index is 10.9. The first kappa shape index (κ1) is 13.0. The molecule has 1 rings (SSSR count). The first-order valence-electron chi connectivity index (χ1n) is 5.45. The third-order valence-electron chi connectivity index (χ3n) is 2.22. The van der Waals surface area contributed by atoms with Gasteiger partial charge in [0.25, 0.3) is 0 Å². The minimum atomic E-state index is -0.967. The Bertz CT molecular complexity index is 430. The van der Waals surface area contributed by atoms with Crippen LogP contribution in [0.15, 0.2) is 47.7 Å². The molecule has 1 aromatic rings. The van der Waals surface area contributed by atoms with Crippen LogP contribution in [0.25, 0.3) is 6.08 Å². The molecular formula is C14H16O3. The number of rotatable bonds is 5. The third kappa shape index (κ3) is 4.15. The normalized spacial score (nSPS) is 12.4. The van der Waals surface area contributed by atoms with Crippen molar-refractivity contribution in [2.24, 2.45) is 0 Å². The number of carbonyl (C=O) groups is 1. The van der Waals surface area contributed by atoms with Gasteiger partial charge in [0.05, 0.1) is 12.2 Å². The maximum absolute atomic E-state index is 10.9. The molecule has 0 spiro atoms. The van der Waals surface area contributed by atoms with Gasteiger partial charge in [-0.2, -0.15) is 0 Å². The summed E-state index contributed by atoms with van der Waals surface area (Å²) in [5, 5.41) is 8.90. The fourth-order valence-electron chi connectivity index (χ4n) is 1.28. The summed E-state index contributed by atoms with van der Waals surface area (Å²) in [6, 6.07) is 9.66. The number of ether oxygens (including phenoxy) is 1. The fraction of sp³-hybridized carbons (Fsp3) is 0.214. The van der Waals surface area contributed by atoms with Crippen LogP contribution in [0.1, 0.15) is 19.4 Å². The van der Waals surface area contributed by atoms with Gasteiger partial charge in [0.2, 0.25) is 0 Å². The second-order valence-corrected chi connectivity index (χ2v) is 3.47. The summed E-state index contributed by atoms with van der Waals surface area (Å²) in [6.45, 7) is 3.80. The van der Waals surface area contributed by atoms with Crippen molar-refractivity contribution in [2.45, 2.75) is 13.8 Å². The molecule has 0 unspecified atom stereocenters. The topological polar surface area (TPSA) is 46.5 Å². The zero-order valence-electron chi connectivity index (χ0n) is 10.0. The van der Waals surface area contributed by atoms with E-state index in [0.717, 1.165) is 5.56 Å². The average molecular weight is 232 g/mol. The van der Waals surface area contributed by atoms with Gasteiger partial charge in [-0.15, -0.1) is 0 Å². The molecule has 0 aliphatic heterocycles. The molecule has 0 amide bonds. The third-order valence-corrected chi connectivity index (χ3v) is 2.22. The van der Waals surface area contributed by atoms with E-state index < -0.39 is 5.97 Å². The highest BCUT2D eigenvalue weighted by Gasteiger charge is 2.07. The highest BCUT2D eigenvalue weighted by molar-refractivity contribution is 5.87. The van der Waals surface area contributed by atoms with Crippen molar-refractivity contribution in [3.8, 4) is 0 Å². The monoisotopic (exact) mass is 232 g/mol. The summed E-state index contributed by atoms with van der Waals surface area (Å²) in [4.78, 5) is 10.9. The lowest BCUT2D eigenvalue weighted by Gasteiger charge is -2.06. The molecule has 0 atom stereocenters. The molecule has 1 aromatic carbocycles. The first-order chi connectivity index (χ1) is 8.15. The van der Waals surface area contributed by atoms with E-state index in [2.05, 4.69) is 0 Å². The van der Waals surface area contributed by atoms with E-state index in [1.807, 2.05) is 43.3 Å². The number of allylic oxidation sites excluding steroid dienone is 1. The number of aliphatic carboxylic acids is 1. The van der Waals surface area contributed by atoms with Gasteiger partial charge in [0, 0.05) is 0 Å². The van der Waals surface area contributed by atoms with E-state index in [1.165, 1.54) is 6.92 Å². The van der Waals surface area contributed by atoms with Crippen molar-refractivity contribution < 1.29 is 14.6 Å². The molecule has 0 fully saturated rings. The largest absolute Gasteiger partial charge is 0.493 e. The lowest BCUT2D eigenvalue weighted by molar-refractivity contribution is -0.132. The number of hydrogen-bond acceptors (Lipinski definition) is 2. The summed E-state index contributed by atoms with van der Waals surface area (Å²) >= 11 is 0. The van der Waals surface area contributed by atoms with Gasteiger partial charge in [-0.3, -0.25) is 0 Å². The summed E-state index contributed by atoms with van der Waals surface area (Å²) in [6.07, 6.45) is 3.51. The fourth-order valence-corrected chi connectivity index (χ4v) is 1.28. The van der Waals surface area contributed by atoms with Crippen molar-refractivity contribution in [3.63, 3.8) is 0 Å². The van der Waals surface area contributed by atoms with Crippen LogP contribution >= 0.6 is 0 Å². The van der Waals surface area contributed by atoms with Crippen molar-refractivity contribution in [1.82, 2.24) is 0 Å². The molecule has 0 aliphatic rings. The smallest absolute Gasteiger partial charge is 0.335 e. The minimum absolute atomic E-state index is 0.207. The molecule has 90 valence electrons. The van der Waals surface area contributed by atoms with Crippen LogP contribution in [-0.2, 0) is 9.53 Å². The second-order valence-electron chi connectivity index (χ2n) is 3.47. The summed E-state index contributed by atoms with van der Waals surface area (Å²) < 4.78 is 5.30. The Morgan fingerprint density at radius 3 is 2.53 bits per heavy atom. The van der Waals surface area contributed by atoms with Gasteiger partial charge in [0.1, 0.15) is 5.76 Å². The summed E-state index contributed by atoms with van der Waals surface area (Å²) in [5.74, 6) is -0.574. The molecule has 3 heteroatoms. The van der Waals surface area contributed by atoms with E-state index >= 15 is 0 Å². The second kappa shape index (κ2) is 6.53. The Labute approximate surface area is 101 Å². The van der Waals surface area contributed by atoms with Crippen molar-refractivity contribution in [3.05, 3.63) is 53.3 Å². The van der Waals surface area contributed by atoms with Crippen LogP contribution in [0, 0.1) is 0 Å². The summed E-state index contributed by atoms with van der Waals surface area (Å²) in [5.41, 5.74) is 1.21. The van der Waals surface area contributed by atoms with Gasteiger partial charge >= 0.3 is 5.97 Å². The van der Waals surface area contributed by atoms with Gasteiger partial charge in [-0.05, 0) is 25.5 Å². The van der Waals surface area contributed by atoms with Crippen LogP contribution in [0.4, 0.5) is 0 Å². The van der Waals surface area contributed by atoms with Crippen LogP contribution in [0.5, 0.6) is 0 Å². The van der Waals surface area contributed by atoms with Crippen LogP contribution < -0.4 is 0 Å². The standard InChI is InChI=1S/C14H16O3/c1-3-17-13(11(2)14(15)16)10-9-12-7-5-4-6-8-12/h4-10H,3H2,1-2H3,(H,15,16)/b10-9+,13-11+. The SMILES string of the molecule is CCOC(/C=C/c1ccccc1)=C(\C)C(=O)O. The number of carboxylic acid groups (broad SMARTS) is 1. The van der Waals surface area contributed by atoms with Gasteiger partial charge in [-0.25, -0.2) is 4.79 Å². The molecule has 17 heavy (non-hydrogen) atoms. The van der Waals surface area contributed by atoms with Crippen LogP contribution in [-0.4, -0.2) is 17.7 Å². The molecular weight excluding hydrogens is 216 g/mol. The summed E-state index contributed by atoms with van der Waals surface area (Å²) in [7, 11) is 0. The van der Waals surface area contributed by atoms with Crippen LogP contribution in [0.2, 0.25) is 0 Å². The predicted molar refractivity (Wildman–Crippen MR) is 67.4 cm³/mol. The van der Waals surface area contributed by atoms with Gasteiger partial charge in [-0.1, -0.05) is 36.4 Å². The van der Waals surface area contributed by atoms with E-state index in [1.54, 1.807) is 6.08 Å². The van der Waals surface area contributed by atoms with Gasteiger partial charge < -0.3 is 9.84 Å². The van der Waals surface area contributed by atoms with E-state index in [9.17, 15) is 4.79 Å². The Morgan fingerprint density at radius 2 is 2.00 bits per heavy atom. The molecule has 0 aliphatic carbocycles. The first-order valence-corrected chi connectivity index (χ1v) is 5.45. The van der Waals surface area contributed by atoms with E-state index in [0.29, 0.717) is 12.4 Å². The average Bonchev–Trinajstić information content (AvgIpc) is 2.34. The minimum Gasteiger partial charge on any atom is -0.493 e.